The fraction of sp³-hybridized carbons (Fsp3) is 1.00. The van der Waals surface area contributed by atoms with E-state index in [4.69, 9.17) is 9.47 Å². The molecule has 2 heterocycles. The van der Waals surface area contributed by atoms with Gasteiger partial charge in [0.05, 0.1) is 11.7 Å². The Balaban J connectivity index is 1.99. The zero-order valence-corrected chi connectivity index (χ0v) is 10.4. The second kappa shape index (κ2) is 5.03. The minimum absolute atomic E-state index is 0.224. The van der Waals surface area contributed by atoms with Gasteiger partial charge in [-0.25, -0.2) is 0 Å². The van der Waals surface area contributed by atoms with Gasteiger partial charge in [0.15, 0.2) is 0 Å². The van der Waals surface area contributed by atoms with Gasteiger partial charge in [0.2, 0.25) is 0 Å². The third kappa shape index (κ3) is 2.58. The molecule has 2 saturated heterocycles. The fourth-order valence-corrected chi connectivity index (χ4v) is 2.93. The van der Waals surface area contributed by atoms with E-state index >= 15 is 0 Å². The van der Waals surface area contributed by atoms with Crippen molar-refractivity contribution >= 4 is 0 Å². The molecule has 0 radical (unpaired) electrons. The summed E-state index contributed by atoms with van der Waals surface area (Å²) < 4.78 is 11.1. The van der Waals surface area contributed by atoms with Crippen LogP contribution in [0.2, 0.25) is 0 Å². The number of rotatable bonds is 2. The van der Waals surface area contributed by atoms with Crippen LogP contribution in [0.25, 0.3) is 0 Å². The summed E-state index contributed by atoms with van der Waals surface area (Å²) in [4.78, 5) is 0. The Bertz CT molecular complexity index is 223. The summed E-state index contributed by atoms with van der Waals surface area (Å²) >= 11 is 0. The van der Waals surface area contributed by atoms with Crippen molar-refractivity contribution in [2.75, 3.05) is 19.8 Å². The van der Waals surface area contributed by atoms with Gasteiger partial charge in [0.25, 0.3) is 0 Å². The normalized spacial score (nSPS) is 37.9. The van der Waals surface area contributed by atoms with Crippen molar-refractivity contribution < 1.29 is 14.6 Å². The lowest BCUT2D eigenvalue weighted by Gasteiger charge is -2.44. The summed E-state index contributed by atoms with van der Waals surface area (Å²) in [6.07, 6.45) is 3.82. The van der Waals surface area contributed by atoms with Crippen LogP contribution < -0.4 is 0 Å². The highest BCUT2D eigenvalue weighted by Crippen LogP contribution is 2.38. The van der Waals surface area contributed by atoms with Crippen LogP contribution in [-0.4, -0.2) is 36.6 Å². The van der Waals surface area contributed by atoms with Crippen molar-refractivity contribution in [1.82, 2.24) is 0 Å². The van der Waals surface area contributed by atoms with Crippen LogP contribution >= 0.6 is 0 Å². The molecule has 1 N–H and O–H groups in total. The Morgan fingerprint density at radius 3 is 2.50 bits per heavy atom. The smallest absolute Gasteiger partial charge is 0.0724 e. The van der Waals surface area contributed by atoms with Gasteiger partial charge in [0.1, 0.15) is 0 Å². The maximum absolute atomic E-state index is 10.8. The molecule has 2 aliphatic rings. The third-order valence-corrected chi connectivity index (χ3v) is 4.15. The van der Waals surface area contributed by atoms with E-state index < -0.39 is 5.60 Å². The zero-order valence-electron chi connectivity index (χ0n) is 10.4. The molecule has 0 spiro atoms. The molecule has 3 heteroatoms. The number of hydrogen-bond acceptors (Lipinski definition) is 3. The molecule has 94 valence electrons. The number of hydrogen-bond donors (Lipinski definition) is 1. The highest BCUT2D eigenvalue weighted by molar-refractivity contribution is 4.93. The predicted molar refractivity (Wildman–Crippen MR) is 62.3 cm³/mol. The van der Waals surface area contributed by atoms with Crippen molar-refractivity contribution in [3.05, 3.63) is 0 Å². The lowest BCUT2D eigenvalue weighted by Crippen LogP contribution is -2.49. The highest BCUT2D eigenvalue weighted by Gasteiger charge is 2.42. The Morgan fingerprint density at radius 1 is 1.19 bits per heavy atom. The van der Waals surface area contributed by atoms with E-state index in [1.165, 1.54) is 0 Å². The quantitative estimate of drug-likeness (QED) is 0.785. The summed E-state index contributed by atoms with van der Waals surface area (Å²) in [5.41, 5.74) is -0.503. The van der Waals surface area contributed by atoms with Crippen LogP contribution in [0.15, 0.2) is 0 Å². The van der Waals surface area contributed by atoms with Crippen LogP contribution in [0.1, 0.15) is 39.5 Å². The topological polar surface area (TPSA) is 38.7 Å². The van der Waals surface area contributed by atoms with E-state index in [9.17, 15) is 5.11 Å². The van der Waals surface area contributed by atoms with Gasteiger partial charge in [-0.15, -0.1) is 0 Å². The predicted octanol–water partition coefficient (Wildman–Crippen LogP) is 1.98. The summed E-state index contributed by atoms with van der Waals surface area (Å²) in [6, 6.07) is 0. The summed E-state index contributed by atoms with van der Waals surface area (Å²) in [5.74, 6) is 0.901. The standard InChI is InChI=1S/C13H24O3/c1-10(2)12-9-13(14,5-8-16-12)11-3-6-15-7-4-11/h10-12,14H,3-9H2,1-2H3. The van der Waals surface area contributed by atoms with Gasteiger partial charge >= 0.3 is 0 Å². The van der Waals surface area contributed by atoms with Crippen LogP contribution in [0, 0.1) is 11.8 Å². The molecule has 0 bridgehead atoms. The second-order valence-corrected chi connectivity index (χ2v) is 5.60. The molecule has 2 unspecified atom stereocenters. The van der Waals surface area contributed by atoms with Crippen LogP contribution in [-0.2, 0) is 9.47 Å². The lowest BCUT2D eigenvalue weighted by atomic mass is 9.74. The van der Waals surface area contributed by atoms with E-state index in [2.05, 4.69) is 13.8 Å². The van der Waals surface area contributed by atoms with Crippen LogP contribution in [0.4, 0.5) is 0 Å². The molecule has 2 fully saturated rings. The molecule has 0 aromatic heterocycles. The average Bonchev–Trinajstić information content (AvgIpc) is 2.30. The maximum atomic E-state index is 10.8. The molecular weight excluding hydrogens is 204 g/mol. The van der Waals surface area contributed by atoms with Crippen molar-refractivity contribution in [3.8, 4) is 0 Å². The molecule has 2 aliphatic heterocycles. The zero-order chi connectivity index (χ0) is 11.6. The number of aliphatic hydroxyl groups is 1. The lowest BCUT2D eigenvalue weighted by molar-refractivity contribution is -0.156. The van der Waals surface area contributed by atoms with Crippen molar-refractivity contribution in [2.45, 2.75) is 51.2 Å². The molecular formula is C13H24O3. The van der Waals surface area contributed by atoms with Gasteiger partial charge in [-0.3, -0.25) is 0 Å². The van der Waals surface area contributed by atoms with E-state index in [1.807, 2.05) is 0 Å². The molecule has 2 rings (SSSR count). The maximum Gasteiger partial charge on any atom is 0.0724 e. The fourth-order valence-electron chi connectivity index (χ4n) is 2.93. The largest absolute Gasteiger partial charge is 0.389 e. The molecule has 0 aliphatic carbocycles. The minimum Gasteiger partial charge on any atom is -0.389 e. The second-order valence-electron chi connectivity index (χ2n) is 5.60. The van der Waals surface area contributed by atoms with E-state index in [0.29, 0.717) is 18.4 Å². The highest BCUT2D eigenvalue weighted by atomic mass is 16.5. The Labute approximate surface area is 98.1 Å². The SMILES string of the molecule is CC(C)C1CC(O)(C2CCOCC2)CCO1. The van der Waals surface area contributed by atoms with Crippen LogP contribution in [0.3, 0.4) is 0 Å². The van der Waals surface area contributed by atoms with Gasteiger partial charge in [0, 0.05) is 26.2 Å². The first-order valence-corrected chi connectivity index (χ1v) is 6.53. The third-order valence-electron chi connectivity index (χ3n) is 4.15. The van der Waals surface area contributed by atoms with Gasteiger partial charge in [-0.2, -0.15) is 0 Å². The van der Waals surface area contributed by atoms with E-state index in [0.717, 1.165) is 38.9 Å². The molecule has 0 amide bonds. The molecule has 16 heavy (non-hydrogen) atoms. The summed E-state index contributed by atoms with van der Waals surface area (Å²) in [5, 5.41) is 10.8. The van der Waals surface area contributed by atoms with E-state index in [-0.39, 0.29) is 6.10 Å². The monoisotopic (exact) mass is 228 g/mol. The summed E-state index contributed by atoms with van der Waals surface area (Å²) in [6.45, 7) is 6.65. The number of ether oxygens (including phenoxy) is 2. The first kappa shape index (κ1) is 12.3. The van der Waals surface area contributed by atoms with E-state index in [1.54, 1.807) is 0 Å². The molecule has 0 aromatic rings. The molecule has 2 atom stereocenters. The van der Waals surface area contributed by atoms with Gasteiger partial charge in [-0.1, -0.05) is 13.8 Å². The molecule has 0 saturated carbocycles. The molecule has 3 nitrogen and oxygen atoms in total. The Hall–Kier alpha value is -0.120. The van der Waals surface area contributed by atoms with Crippen LogP contribution in [0.5, 0.6) is 0 Å². The van der Waals surface area contributed by atoms with Crippen molar-refractivity contribution in [1.29, 1.82) is 0 Å². The summed E-state index contributed by atoms with van der Waals surface area (Å²) in [7, 11) is 0. The first-order valence-electron chi connectivity index (χ1n) is 6.53. The van der Waals surface area contributed by atoms with Crippen molar-refractivity contribution in [2.24, 2.45) is 11.8 Å². The molecule has 0 aromatic carbocycles. The minimum atomic E-state index is -0.503. The average molecular weight is 228 g/mol. The first-order chi connectivity index (χ1) is 7.62. The Morgan fingerprint density at radius 2 is 1.88 bits per heavy atom. The van der Waals surface area contributed by atoms with Crippen molar-refractivity contribution in [3.63, 3.8) is 0 Å². The van der Waals surface area contributed by atoms with Gasteiger partial charge in [-0.05, 0) is 31.1 Å². The van der Waals surface area contributed by atoms with Gasteiger partial charge < -0.3 is 14.6 Å². The Kier molecular flexibility index (Phi) is 3.88.